The quantitative estimate of drug-likeness (QED) is 0.297. The van der Waals surface area contributed by atoms with Crippen LogP contribution in [0.25, 0.3) is 10.8 Å². The summed E-state index contributed by atoms with van der Waals surface area (Å²) in [5, 5.41) is 17.2. The summed E-state index contributed by atoms with van der Waals surface area (Å²) >= 11 is 0. The van der Waals surface area contributed by atoms with Gasteiger partial charge in [0.25, 0.3) is 0 Å². The Balaban J connectivity index is 2.04. The number of nitrogens with one attached hydrogen (secondary N) is 1. The van der Waals surface area contributed by atoms with Crippen molar-refractivity contribution < 1.29 is 0 Å². The van der Waals surface area contributed by atoms with E-state index >= 15 is 0 Å². The number of nitrogens with zero attached hydrogens (tertiary/aromatic N) is 4. The van der Waals surface area contributed by atoms with E-state index in [4.69, 9.17) is 23.3 Å². The van der Waals surface area contributed by atoms with Crippen molar-refractivity contribution >= 4 is 33.9 Å². The Kier molecular flexibility index (Phi) is 3.87. The van der Waals surface area contributed by atoms with Crippen LogP contribution in [0.1, 0.15) is 11.1 Å². The summed E-state index contributed by atoms with van der Waals surface area (Å²) in [6.07, 6.45) is 8.56. The lowest BCUT2D eigenvalue weighted by Crippen LogP contribution is -2.10. The Labute approximate surface area is 138 Å². The molecule has 2 aromatic heterocycles. The Bertz CT molecular complexity index is 998. The molecule has 0 amide bonds. The molecule has 7 heteroatoms. The van der Waals surface area contributed by atoms with Crippen molar-refractivity contribution in [3.05, 3.63) is 53.9 Å². The average molecular weight is 315 g/mol. The summed E-state index contributed by atoms with van der Waals surface area (Å²) in [5.74, 6) is 3.13. The molecule has 24 heavy (non-hydrogen) atoms. The molecule has 0 atom stereocenters. The molecule has 3 rings (SSSR count). The number of rotatable bonds is 3. The average Bonchev–Trinajstić information content (AvgIpc) is 2.60. The van der Waals surface area contributed by atoms with Crippen LogP contribution in [0.3, 0.4) is 0 Å². The Morgan fingerprint density at radius 1 is 1.12 bits per heavy atom. The number of fused-ring (bicyclic) bond motifs is 1. The lowest BCUT2D eigenvalue weighted by Gasteiger charge is -2.04. The topological polar surface area (TPSA) is 126 Å². The van der Waals surface area contributed by atoms with E-state index in [2.05, 4.69) is 26.1 Å². The molecule has 2 heterocycles. The number of aromatic nitrogens is 2. The van der Waals surface area contributed by atoms with Gasteiger partial charge in [0.1, 0.15) is 11.5 Å². The lowest BCUT2D eigenvalue weighted by atomic mass is 10.1. The van der Waals surface area contributed by atoms with Crippen LogP contribution in [0.4, 0.5) is 17.3 Å². The van der Waals surface area contributed by atoms with Gasteiger partial charge in [-0.15, -0.1) is 16.7 Å². The molecule has 3 aromatic rings. The molecule has 0 saturated heterocycles. The zero-order valence-electron chi connectivity index (χ0n) is 12.6. The molecule has 1 aromatic carbocycles. The molecule has 0 bridgehead atoms. The highest BCUT2D eigenvalue weighted by atomic mass is 15.2. The smallest absolute Gasteiger partial charge is 0.174 e. The first-order valence-corrected chi connectivity index (χ1v) is 6.95. The van der Waals surface area contributed by atoms with Crippen molar-refractivity contribution in [1.82, 2.24) is 9.97 Å². The summed E-state index contributed by atoms with van der Waals surface area (Å²) in [4.78, 5) is 8.20. The highest BCUT2D eigenvalue weighted by Gasteiger charge is 2.07. The van der Waals surface area contributed by atoms with Crippen molar-refractivity contribution in [2.24, 2.45) is 16.0 Å². The zero-order valence-corrected chi connectivity index (χ0v) is 12.6. The number of benzene rings is 1. The molecule has 0 aliphatic carbocycles. The van der Waals surface area contributed by atoms with Gasteiger partial charge in [0.15, 0.2) is 11.6 Å². The van der Waals surface area contributed by atoms with Gasteiger partial charge in [0.2, 0.25) is 0 Å². The van der Waals surface area contributed by atoms with E-state index in [1.54, 1.807) is 18.3 Å². The van der Waals surface area contributed by atoms with Crippen LogP contribution in [-0.4, -0.2) is 15.8 Å². The van der Waals surface area contributed by atoms with E-state index in [0.29, 0.717) is 22.6 Å². The molecule has 0 unspecified atom stereocenters. The van der Waals surface area contributed by atoms with Gasteiger partial charge in [-0.2, -0.15) is 0 Å². The largest absolute Gasteiger partial charge is 0.384 e. The minimum Gasteiger partial charge on any atom is -0.384 e. The van der Waals surface area contributed by atoms with Crippen molar-refractivity contribution in [3.63, 3.8) is 0 Å². The van der Waals surface area contributed by atoms with Crippen LogP contribution < -0.4 is 11.5 Å². The number of azo groups is 1. The normalized spacial score (nSPS) is 10.8. The van der Waals surface area contributed by atoms with Crippen molar-refractivity contribution in [2.45, 2.75) is 0 Å². The maximum Gasteiger partial charge on any atom is 0.174 e. The maximum atomic E-state index is 7.34. The predicted octanol–water partition coefficient (Wildman–Crippen LogP) is 2.89. The third-order valence-corrected chi connectivity index (χ3v) is 3.37. The van der Waals surface area contributed by atoms with Crippen LogP contribution >= 0.6 is 0 Å². The summed E-state index contributed by atoms with van der Waals surface area (Å²) in [7, 11) is 0. The second-order valence-corrected chi connectivity index (χ2v) is 4.96. The second-order valence-electron chi connectivity index (χ2n) is 4.96. The van der Waals surface area contributed by atoms with Crippen LogP contribution in [0, 0.1) is 17.8 Å². The highest BCUT2D eigenvalue weighted by molar-refractivity contribution is 5.97. The fourth-order valence-corrected chi connectivity index (χ4v) is 2.11. The van der Waals surface area contributed by atoms with Gasteiger partial charge in [0, 0.05) is 34.3 Å². The van der Waals surface area contributed by atoms with Gasteiger partial charge in [-0.1, -0.05) is 12.0 Å². The van der Waals surface area contributed by atoms with Gasteiger partial charge in [-0.3, -0.25) is 5.41 Å². The van der Waals surface area contributed by atoms with Crippen molar-refractivity contribution in [1.29, 1.82) is 5.41 Å². The zero-order chi connectivity index (χ0) is 17.1. The third-order valence-electron chi connectivity index (χ3n) is 3.37. The standard InChI is InChI=1S/C17H13N7/c1-2-10-3-4-11-8-22-17(20)15(13(11)7-10)24-23-14-6-5-12(9-21-14)16(18)19/h1,3-9H,(H3,18,19)(H2,20,22). The number of nitrogens with two attached hydrogens (primary N) is 2. The molecule has 0 fully saturated rings. The third kappa shape index (κ3) is 2.89. The Morgan fingerprint density at radius 3 is 2.62 bits per heavy atom. The van der Waals surface area contributed by atoms with E-state index < -0.39 is 0 Å². The fourth-order valence-electron chi connectivity index (χ4n) is 2.11. The summed E-state index contributed by atoms with van der Waals surface area (Å²) in [5.41, 5.74) is 13.0. The number of amidine groups is 1. The first-order chi connectivity index (χ1) is 11.6. The molecule has 0 saturated carbocycles. The number of anilines is 1. The number of hydrogen-bond donors (Lipinski definition) is 3. The summed E-state index contributed by atoms with van der Waals surface area (Å²) < 4.78 is 0. The molecule has 0 radical (unpaired) electrons. The van der Waals surface area contributed by atoms with E-state index in [0.717, 1.165) is 10.8 Å². The first kappa shape index (κ1) is 15.1. The highest BCUT2D eigenvalue weighted by Crippen LogP contribution is 2.32. The van der Waals surface area contributed by atoms with Crippen LogP contribution in [-0.2, 0) is 0 Å². The predicted molar refractivity (Wildman–Crippen MR) is 93.5 cm³/mol. The van der Waals surface area contributed by atoms with Gasteiger partial charge >= 0.3 is 0 Å². The molecular weight excluding hydrogens is 302 g/mol. The van der Waals surface area contributed by atoms with E-state index in [9.17, 15) is 0 Å². The van der Waals surface area contributed by atoms with Crippen LogP contribution in [0.5, 0.6) is 0 Å². The molecule has 0 aliphatic rings. The van der Waals surface area contributed by atoms with Crippen LogP contribution in [0.15, 0.2) is 53.0 Å². The van der Waals surface area contributed by atoms with Gasteiger partial charge in [-0.25, -0.2) is 9.97 Å². The minimum atomic E-state index is -0.0599. The molecule has 7 nitrogen and oxygen atoms in total. The molecule has 0 spiro atoms. The van der Waals surface area contributed by atoms with Gasteiger partial charge < -0.3 is 11.5 Å². The maximum absolute atomic E-state index is 7.34. The van der Waals surface area contributed by atoms with Gasteiger partial charge in [-0.05, 0) is 24.3 Å². The van der Waals surface area contributed by atoms with Crippen molar-refractivity contribution in [3.8, 4) is 12.3 Å². The molecule has 116 valence electrons. The Hall–Kier alpha value is -3.79. The number of pyridine rings is 2. The minimum absolute atomic E-state index is 0.0599. The van der Waals surface area contributed by atoms with Crippen molar-refractivity contribution in [2.75, 3.05) is 5.73 Å². The molecule has 5 N–H and O–H groups in total. The second kappa shape index (κ2) is 6.14. The van der Waals surface area contributed by atoms with Gasteiger partial charge in [0.05, 0.1) is 0 Å². The monoisotopic (exact) mass is 315 g/mol. The molecule has 0 aliphatic heterocycles. The van der Waals surface area contributed by atoms with Crippen LogP contribution in [0.2, 0.25) is 0 Å². The number of nitrogen functional groups attached to an aromatic ring is 2. The van der Waals surface area contributed by atoms with E-state index in [1.165, 1.54) is 6.20 Å². The number of hydrogen-bond acceptors (Lipinski definition) is 6. The Morgan fingerprint density at radius 2 is 1.96 bits per heavy atom. The molecular formula is C17H13N7. The fraction of sp³-hybridized carbons (Fsp3) is 0. The SMILES string of the molecule is C#Cc1ccc2cnc(N)c(N=Nc3ccc(C(=N)N)cn3)c2c1. The van der Waals surface area contributed by atoms with E-state index in [1.807, 2.05) is 18.2 Å². The summed E-state index contributed by atoms with van der Waals surface area (Å²) in [6.45, 7) is 0. The lowest BCUT2D eigenvalue weighted by molar-refractivity contribution is 1.15. The number of terminal acetylenes is 1. The summed E-state index contributed by atoms with van der Waals surface area (Å²) in [6, 6.07) is 8.75. The first-order valence-electron chi connectivity index (χ1n) is 6.95. The van der Waals surface area contributed by atoms with E-state index in [-0.39, 0.29) is 11.7 Å².